The molecule has 7 nitrogen and oxygen atoms in total. The molecule has 3 N–H and O–H groups in total. The summed E-state index contributed by atoms with van der Waals surface area (Å²) in [6.45, 7) is 8.18. The van der Waals surface area contributed by atoms with Crippen LogP contribution in [0, 0.1) is 11.4 Å². The van der Waals surface area contributed by atoms with Crippen LogP contribution >= 0.6 is 0 Å². The van der Waals surface area contributed by atoms with Gasteiger partial charge in [-0.2, -0.15) is 4.39 Å². The Morgan fingerprint density at radius 1 is 1.27 bits per heavy atom. The third kappa shape index (κ3) is 6.35. The fourth-order valence-corrected chi connectivity index (χ4v) is 3.26. The van der Waals surface area contributed by atoms with Crippen LogP contribution in [-0.2, 0) is 9.59 Å². The van der Waals surface area contributed by atoms with E-state index in [4.69, 9.17) is 11.1 Å². The molecule has 1 amide bonds. The molecule has 174 valence electrons. The zero-order valence-corrected chi connectivity index (χ0v) is 19.2. The predicted molar refractivity (Wildman–Crippen MR) is 128 cm³/mol. The van der Waals surface area contributed by atoms with Crippen LogP contribution in [0.15, 0.2) is 67.1 Å². The standard InChI is InChI=1S/C25H30FN5O2/c1-5-14-31(17(3)22(32)6-2)15-12-21(24(33)30(4)25(27)28)19-10-7-9-18(16-19)20-11-8-13-29-23(20)26/h7-13,15-16,21H,3,5-6,14H2,1-2,4H3,(H3,27,28)/b15-12+. The molecule has 0 fully saturated rings. The van der Waals surface area contributed by atoms with Crippen molar-refractivity contribution in [2.45, 2.75) is 32.6 Å². The quantitative estimate of drug-likeness (QED) is 0.246. The summed E-state index contributed by atoms with van der Waals surface area (Å²) in [5.74, 6) is -2.37. The second kappa shape index (κ2) is 11.7. The predicted octanol–water partition coefficient (Wildman–Crippen LogP) is 4.04. The Labute approximate surface area is 193 Å². The zero-order valence-electron chi connectivity index (χ0n) is 19.2. The van der Waals surface area contributed by atoms with Crippen molar-refractivity contribution in [3.63, 3.8) is 0 Å². The lowest BCUT2D eigenvalue weighted by atomic mass is 9.94. The Kier molecular flexibility index (Phi) is 9.03. The van der Waals surface area contributed by atoms with Crippen molar-refractivity contribution < 1.29 is 14.0 Å². The first-order chi connectivity index (χ1) is 15.7. The minimum Gasteiger partial charge on any atom is -0.370 e. The first-order valence-electron chi connectivity index (χ1n) is 10.7. The van der Waals surface area contributed by atoms with Gasteiger partial charge in [-0.1, -0.05) is 44.7 Å². The lowest BCUT2D eigenvalue weighted by Gasteiger charge is -2.24. The van der Waals surface area contributed by atoms with Gasteiger partial charge in [0.05, 0.1) is 11.6 Å². The molecule has 0 aliphatic carbocycles. The maximum Gasteiger partial charge on any atom is 0.240 e. The summed E-state index contributed by atoms with van der Waals surface area (Å²) in [5.41, 5.74) is 7.33. The first kappa shape index (κ1) is 25.5. The largest absolute Gasteiger partial charge is 0.370 e. The number of guanidine groups is 1. The second-order valence-corrected chi connectivity index (χ2v) is 7.49. The van der Waals surface area contributed by atoms with E-state index in [1.54, 1.807) is 60.5 Å². The Morgan fingerprint density at radius 2 is 2.00 bits per heavy atom. The van der Waals surface area contributed by atoms with Crippen LogP contribution in [0.1, 0.15) is 38.2 Å². The first-order valence-corrected chi connectivity index (χ1v) is 10.7. The van der Waals surface area contributed by atoms with Crippen molar-refractivity contribution in [2.24, 2.45) is 5.73 Å². The molecule has 1 aromatic heterocycles. The average Bonchev–Trinajstić information content (AvgIpc) is 2.82. The molecule has 0 saturated heterocycles. The van der Waals surface area contributed by atoms with E-state index in [9.17, 15) is 14.0 Å². The van der Waals surface area contributed by atoms with Crippen LogP contribution in [0.3, 0.4) is 0 Å². The monoisotopic (exact) mass is 451 g/mol. The average molecular weight is 452 g/mol. The topological polar surface area (TPSA) is 103 Å². The Hall–Kier alpha value is -3.81. The third-order valence-corrected chi connectivity index (χ3v) is 5.19. The van der Waals surface area contributed by atoms with Gasteiger partial charge in [0.15, 0.2) is 11.7 Å². The van der Waals surface area contributed by atoms with Gasteiger partial charge in [-0.3, -0.25) is 19.9 Å². The fraction of sp³-hybridized carbons (Fsp3) is 0.280. The summed E-state index contributed by atoms with van der Waals surface area (Å²) in [6, 6.07) is 10.2. The number of likely N-dealkylation sites (N-methyl/N-ethyl adjacent to an activating group) is 1. The highest BCUT2D eigenvalue weighted by molar-refractivity contribution is 5.99. The highest BCUT2D eigenvalue weighted by Crippen LogP contribution is 2.27. The van der Waals surface area contributed by atoms with Gasteiger partial charge in [0.1, 0.15) is 0 Å². The maximum atomic E-state index is 14.2. The highest BCUT2D eigenvalue weighted by Gasteiger charge is 2.24. The van der Waals surface area contributed by atoms with E-state index in [0.29, 0.717) is 35.4 Å². The Bertz CT molecular complexity index is 1070. The molecule has 1 heterocycles. The number of nitrogens with one attached hydrogen (secondary N) is 1. The van der Waals surface area contributed by atoms with Gasteiger partial charge < -0.3 is 10.6 Å². The van der Waals surface area contributed by atoms with Crippen LogP contribution in [0.25, 0.3) is 11.1 Å². The van der Waals surface area contributed by atoms with Crippen molar-refractivity contribution >= 4 is 17.6 Å². The number of amides is 1. The van der Waals surface area contributed by atoms with E-state index in [1.807, 2.05) is 6.92 Å². The molecular formula is C25H30FN5O2. The van der Waals surface area contributed by atoms with Crippen molar-refractivity contribution in [2.75, 3.05) is 13.6 Å². The van der Waals surface area contributed by atoms with Crippen LogP contribution in [0.5, 0.6) is 0 Å². The number of carbonyl (C=O) groups is 2. The van der Waals surface area contributed by atoms with Crippen molar-refractivity contribution in [3.8, 4) is 11.1 Å². The second-order valence-electron chi connectivity index (χ2n) is 7.49. The van der Waals surface area contributed by atoms with E-state index in [2.05, 4.69) is 11.6 Å². The lowest BCUT2D eigenvalue weighted by Crippen LogP contribution is -2.40. The molecule has 33 heavy (non-hydrogen) atoms. The van der Waals surface area contributed by atoms with Crippen LogP contribution in [0.2, 0.25) is 0 Å². The van der Waals surface area contributed by atoms with E-state index in [1.165, 1.54) is 13.2 Å². The number of aromatic nitrogens is 1. The number of ketones is 1. The molecule has 0 aliphatic rings. The Balaban J connectivity index is 2.52. The van der Waals surface area contributed by atoms with E-state index < -0.39 is 23.7 Å². The number of pyridine rings is 1. The van der Waals surface area contributed by atoms with Gasteiger partial charge >= 0.3 is 0 Å². The van der Waals surface area contributed by atoms with Gasteiger partial charge in [0.25, 0.3) is 0 Å². The maximum absolute atomic E-state index is 14.2. The minimum atomic E-state index is -0.831. The van der Waals surface area contributed by atoms with E-state index in [0.717, 1.165) is 11.3 Å². The number of rotatable bonds is 10. The number of Topliss-reactive ketones (excluding diaryl/α,β-unsaturated/α-hetero) is 1. The molecule has 1 atom stereocenters. The summed E-state index contributed by atoms with van der Waals surface area (Å²) >= 11 is 0. The molecule has 0 aliphatic heterocycles. The molecule has 2 rings (SSSR count). The fourth-order valence-electron chi connectivity index (χ4n) is 3.26. The highest BCUT2D eigenvalue weighted by atomic mass is 19.1. The normalized spacial score (nSPS) is 11.8. The van der Waals surface area contributed by atoms with E-state index >= 15 is 0 Å². The molecule has 8 heteroatoms. The van der Waals surface area contributed by atoms with Crippen molar-refractivity contribution in [1.29, 1.82) is 5.41 Å². The molecule has 1 aromatic carbocycles. The SMILES string of the molecule is C=C(C(=O)CC)N(/C=C/C(C(=O)N(C)C(=N)N)c1cccc(-c2cccnc2F)c1)CCC. The number of hydrogen-bond acceptors (Lipinski definition) is 5. The molecule has 0 spiro atoms. The summed E-state index contributed by atoms with van der Waals surface area (Å²) in [4.78, 5) is 31.8. The number of nitrogens with zero attached hydrogens (tertiary/aromatic N) is 3. The van der Waals surface area contributed by atoms with Crippen LogP contribution < -0.4 is 5.73 Å². The van der Waals surface area contributed by atoms with Crippen LogP contribution in [0.4, 0.5) is 4.39 Å². The number of hydrogen-bond donors (Lipinski definition) is 2. The molecular weight excluding hydrogens is 421 g/mol. The molecule has 2 aromatic rings. The van der Waals surface area contributed by atoms with Gasteiger partial charge in [0, 0.05) is 38.0 Å². The third-order valence-electron chi connectivity index (χ3n) is 5.19. The lowest BCUT2D eigenvalue weighted by molar-refractivity contribution is -0.127. The number of carbonyl (C=O) groups excluding carboxylic acids is 2. The molecule has 1 unspecified atom stereocenters. The van der Waals surface area contributed by atoms with E-state index in [-0.39, 0.29) is 5.78 Å². The molecule has 0 radical (unpaired) electrons. The summed E-state index contributed by atoms with van der Waals surface area (Å²) < 4.78 is 14.2. The van der Waals surface area contributed by atoms with Gasteiger partial charge in [-0.25, -0.2) is 4.98 Å². The summed E-state index contributed by atoms with van der Waals surface area (Å²) in [6.07, 6.45) is 5.76. The number of nitrogens with two attached hydrogens (primary N) is 1. The number of halogens is 1. The summed E-state index contributed by atoms with van der Waals surface area (Å²) in [5, 5.41) is 7.66. The van der Waals surface area contributed by atoms with Gasteiger partial charge in [-0.15, -0.1) is 0 Å². The minimum absolute atomic E-state index is 0.0918. The van der Waals surface area contributed by atoms with Gasteiger partial charge in [-0.05, 0) is 35.7 Å². The number of allylic oxidation sites excluding steroid dienone is 1. The number of benzene rings is 1. The smallest absolute Gasteiger partial charge is 0.240 e. The van der Waals surface area contributed by atoms with Crippen LogP contribution in [-0.4, -0.2) is 46.0 Å². The summed E-state index contributed by atoms with van der Waals surface area (Å²) in [7, 11) is 1.42. The van der Waals surface area contributed by atoms with Crippen molar-refractivity contribution in [3.05, 3.63) is 78.7 Å². The van der Waals surface area contributed by atoms with Crippen molar-refractivity contribution in [1.82, 2.24) is 14.8 Å². The zero-order chi connectivity index (χ0) is 24.5. The van der Waals surface area contributed by atoms with Gasteiger partial charge in [0.2, 0.25) is 11.9 Å². The molecule has 0 saturated carbocycles. The molecule has 0 bridgehead atoms. The Morgan fingerprint density at radius 3 is 2.61 bits per heavy atom.